The summed E-state index contributed by atoms with van der Waals surface area (Å²) in [5.41, 5.74) is 0.806. The van der Waals surface area contributed by atoms with Crippen LogP contribution in [0.1, 0.15) is 50.7 Å². The van der Waals surface area contributed by atoms with E-state index in [0.717, 1.165) is 6.07 Å². The maximum Gasteiger partial charge on any atom is 0.410 e. The van der Waals surface area contributed by atoms with Gasteiger partial charge in [-0.2, -0.15) is 0 Å². The summed E-state index contributed by atoms with van der Waals surface area (Å²) >= 11 is 0. The van der Waals surface area contributed by atoms with Crippen molar-refractivity contribution in [2.24, 2.45) is 0 Å². The van der Waals surface area contributed by atoms with E-state index in [0.29, 0.717) is 30.0 Å². The fraction of sp³-hybridized carbons (Fsp3) is 0.393. The van der Waals surface area contributed by atoms with Gasteiger partial charge < -0.3 is 19.4 Å². The van der Waals surface area contributed by atoms with E-state index in [1.165, 1.54) is 29.1 Å². The Labute approximate surface area is 230 Å². The molecule has 1 aliphatic rings. The van der Waals surface area contributed by atoms with Gasteiger partial charge in [-0.05, 0) is 41.5 Å². The molecule has 10 nitrogen and oxygen atoms in total. The van der Waals surface area contributed by atoms with Crippen molar-refractivity contribution < 1.29 is 23.1 Å². The summed E-state index contributed by atoms with van der Waals surface area (Å²) in [6.07, 6.45) is 5.57. The first-order chi connectivity index (χ1) is 18.8. The van der Waals surface area contributed by atoms with Gasteiger partial charge in [0.2, 0.25) is 0 Å². The lowest BCUT2D eigenvalue weighted by Gasteiger charge is -2.45. The number of anilines is 2. The molecule has 3 aromatic heterocycles. The Hall–Kier alpha value is -4.35. The molecule has 0 radical (unpaired) electrons. The van der Waals surface area contributed by atoms with Gasteiger partial charge in [0.25, 0.3) is 5.91 Å². The average Bonchev–Trinajstić information content (AvgIpc) is 3.22. The van der Waals surface area contributed by atoms with E-state index in [1.807, 2.05) is 39.5 Å². The van der Waals surface area contributed by atoms with Crippen LogP contribution >= 0.6 is 0 Å². The van der Waals surface area contributed by atoms with Crippen LogP contribution in [0.25, 0.3) is 16.7 Å². The predicted molar refractivity (Wildman–Crippen MR) is 147 cm³/mol. The molecule has 1 aliphatic heterocycles. The number of amides is 2. The van der Waals surface area contributed by atoms with E-state index < -0.39 is 29.2 Å². The Morgan fingerprint density at radius 2 is 1.65 bits per heavy atom. The fourth-order valence-corrected chi connectivity index (χ4v) is 5.17. The summed E-state index contributed by atoms with van der Waals surface area (Å²) < 4.78 is 37.3. The highest BCUT2D eigenvalue weighted by Crippen LogP contribution is 2.33. The second-order valence-corrected chi connectivity index (χ2v) is 11.1. The summed E-state index contributed by atoms with van der Waals surface area (Å²) in [6.45, 7) is 11.8. The second kappa shape index (κ2) is 10.00. The van der Waals surface area contributed by atoms with Crippen molar-refractivity contribution in [3.8, 4) is 0 Å². The first kappa shape index (κ1) is 27.2. The molecule has 1 saturated heterocycles. The van der Waals surface area contributed by atoms with Crippen LogP contribution < -0.4 is 10.2 Å². The van der Waals surface area contributed by atoms with Gasteiger partial charge in [0.15, 0.2) is 11.5 Å². The lowest BCUT2D eigenvalue weighted by molar-refractivity contribution is 0.00566. The Morgan fingerprint density at radius 1 is 1.00 bits per heavy atom. The minimum Gasteiger partial charge on any atom is -0.444 e. The van der Waals surface area contributed by atoms with Crippen LogP contribution in [0.3, 0.4) is 0 Å². The van der Waals surface area contributed by atoms with Crippen LogP contribution in [-0.4, -0.2) is 67.0 Å². The van der Waals surface area contributed by atoms with Crippen molar-refractivity contribution in [1.29, 1.82) is 0 Å². The van der Waals surface area contributed by atoms with Crippen LogP contribution in [0.5, 0.6) is 0 Å². The average molecular weight is 552 g/mol. The normalized spacial score (nSPS) is 17.9. The number of rotatable bonds is 3. The summed E-state index contributed by atoms with van der Waals surface area (Å²) in [5.74, 6) is -2.21. The molecule has 40 heavy (non-hydrogen) atoms. The Morgan fingerprint density at radius 3 is 2.30 bits per heavy atom. The van der Waals surface area contributed by atoms with Gasteiger partial charge in [-0.25, -0.2) is 18.6 Å². The molecule has 0 bridgehead atoms. The van der Waals surface area contributed by atoms with Crippen molar-refractivity contribution in [2.45, 2.75) is 59.2 Å². The molecule has 210 valence electrons. The summed E-state index contributed by atoms with van der Waals surface area (Å²) in [6, 6.07) is 1.91. The van der Waals surface area contributed by atoms with Crippen LogP contribution in [0.4, 0.5) is 25.0 Å². The topological polar surface area (TPSA) is 105 Å². The van der Waals surface area contributed by atoms with Gasteiger partial charge in [0, 0.05) is 50.0 Å². The number of hydrogen-bond acceptors (Lipinski definition) is 7. The minimum atomic E-state index is -0.796. The Balaban J connectivity index is 1.46. The molecule has 2 amide bonds. The maximum absolute atomic E-state index is 15.7. The van der Waals surface area contributed by atoms with Crippen molar-refractivity contribution in [2.75, 3.05) is 23.3 Å². The number of aryl methyl sites for hydroxylation is 1. The molecule has 1 aromatic carbocycles. The van der Waals surface area contributed by atoms with Gasteiger partial charge in [0.05, 0.1) is 29.2 Å². The van der Waals surface area contributed by atoms with E-state index >= 15 is 4.39 Å². The molecule has 0 aliphatic carbocycles. The third kappa shape index (κ3) is 5.13. The number of nitrogens with one attached hydrogen (secondary N) is 1. The maximum atomic E-state index is 15.7. The highest BCUT2D eigenvalue weighted by molar-refractivity contribution is 6.13. The van der Waals surface area contributed by atoms with Gasteiger partial charge in [-0.15, -0.1) is 0 Å². The van der Waals surface area contributed by atoms with Crippen LogP contribution in [0.2, 0.25) is 0 Å². The summed E-state index contributed by atoms with van der Waals surface area (Å²) in [7, 11) is 0. The van der Waals surface area contributed by atoms with Gasteiger partial charge in [-0.3, -0.25) is 19.7 Å². The summed E-state index contributed by atoms with van der Waals surface area (Å²) in [4.78, 5) is 42.6. The number of nitrogens with zero attached hydrogens (tertiary/aromatic N) is 6. The third-order valence-electron chi connectivity index (χ3n) is 6.66. The largest absolute Gasteiger partial charge is 0.444 e. The lowest BCUT2D eigenvalue weighted by Crippen LogP contribution is -2.59. The summed E-state index contributed by atoms with van der Waals surface area (Å²) in [5, 5.41) is 2.58. The lowest BCUT2D eigenvalue weighted by atomic mass is 10.0. The van der Waals surface area contributed by atoms with Crippen molar-refractivity contribution in [3.05, 3.63) is 59.8 Å². The quantitative estimate of drug-likeness (QED) is 0.384. The van der Waals surface area contributed by atoms with Crippen LogP contribution in [0, 0.1) is 18.6 Å². The molecule has 4 aromatic rings. The number of aromatic nitrogens is 4. The molecule has 4 heterocycles. The van der Waals surface area contributed by atoms with E-state index in [9.17, 15) is 14.0 Å². The number of ether oxygens (including phenoxy) is 1. The zero-order valence-electron chi connectivity index (χ0n) is 23.2. The zero-order chi connectivity index (χ0) is 28.9. The smallest absolute Gasteiger partial charge is 0.410 e. The number of imidazole rings is 1. The number of hydrogen-bond donors (Lipinski definition) is 1. The first-order valence-electron chi connectivity index (χ1n) is 13.0. The number of carbonyl (C=O) groups excluding carboxylic acids is 2. The Bertz CT molecular complexity index is 1620. The molecule has 2 atom stereocenters. The SMILES string of the molecule is Cc1cn2cc(NC(=O)c3c(F)cc(N4CC(C)N(C(=O)OC(C)(C)C)C(C)C4)c4nccnc34)cc(F)c2n1. The molecule has 0 saturated carbocycles. The van der Waals surface area contributed by atoms with Gasteiger partial charge in [0.1, 0.15) is 28.0 Å². The molecule has 0 spiro atoms. The van der Waals surface area contributed by atoms with Crippen LogP contribution in [-0.2, 0) is 4.74 Å². The molecular weight excluding hydrogens is 520 g/mol. The standard InChI is InChI=1S/C28H31F2N7O3/c1-15-11-36-14-18(9-20(30)25(36)33-15)34-26(38)22-19(29)10-21(23-24(22)32-8-7-31-23)35-12-16(2)37(17(3)13-35)27(39)40-28(4,5)6/h7-11,14,16-17H,12-13H2,1-6H3,(H,34,38). The predicted octanol–water partition coefficient (Wildman–Crippen LogP) is 4.95. The van der Waals surface area contributed by atoms with Crippen molar-refractivity contribution in [3.63, 3.8) is 0 Å². The third-order valence-corrected chi connectivity index (χ3v) is 6.66. The second-order valence-electron chi connectivity index (χ2n) is 11.1. The van der Waals surface area contributed by atoms with Crippen molar-refractivity contribution >= 4 is 40.1 Å². The molecule has 1 N–H and O–H groups in total. The first-order valence-corrected chi connectivity index (χ1v) is 13.0. The van der Waals surface area contributed by atoms with E-state index in [1.54, 1.807) is 18.0 Å². The number of benzene rings is 1. The monoisotopic (exact) mass is 551 g/mol. The number of pyridine rings is 1. The number of piperazine rings is 1. The molecule has 1 fully saturated rings. The van der Waals surface area contributed by atoms with E-state index in [-0.39, 0.29) is 34.5 Å². The van der Waals surface area contributed by atoms with E-state index in [2.05, 4.69) is 20.3 Å². The molecular formula is C28H31F2N7O3. The molecule has 5 rings (SSSR count). The van der Waals surface area contributed by atoms with Gasteiger partial charge >= 0.3 is 6.09 Å². The number of fused-ring (bicyclic) bond motifs is 2. The number of halogens is 2. The van der Waals surface area contributed by atoms with Crippen molar-refractivity contribution in [1.82, 2.24) is 24.3 Å². The Kier molecular flexibility index (Phi) is 6.80. The number of carbonyl (C=O) groups is 2. The van der Waals surface area contributed by atoms with Gasteiger partial charge in [-0.1, -0.05) is 0 Å². The van der Waals surface area contributed by atoms with Crippen LogP contribution in [0.15, 0.2) is 36.9 Å². The van der Waals surface area contributed by atoms with E-state index in [4.69, 9.17) is 4.74 Å². The highest BCUT2D eigenvalue weighted by Gasteiger charge is 2.37. The molecule has 12 heteroatoms. The fourth-order valence-electron chi connectivity index (χ4n) is 5.17. The highest BCUT2D eigenvalue weighted by atomic mass is 19.1. The minimum absolute atomic E-state index is 0.0740. The zero-order valence-corrected chi connectivity index (χ0v) is 23.2. The molecule has 2 unspecified atom stereocenters.